The van der Waals surface area contributed by atoms with Crippen molar-refractivity contribution < 1.29 is 27.4 Å². The zero-order valence-corrected chi connectivity index (χ0v) is 23.7. The largest absolute Gasteiger partial charge is 0.461 e. The van der Waals surface area contributed by atoms with Gasteiger partial charge in [0.1, 0.15) is 28.7 Å². The summed E-state index contributed by atoms with van der Waals surface area (Å²) in [6.45, 7) is 8.56. The number of pyridine rings is 1. The van der Waals surface area contributed by atoms with Gasteiger partial charge in [0.2, 0.25) is 0 Å². The van der Waals surface area contributed by atoms with Gasteiger partial charge in [0.15, 0.2) is 0 Å². The third-order valence-electron chi connectivity index (χ3n) is 8.61. The number of rotatable bonds is 4. The summed E-state index contributed by atoms with van der Waals surface area (Å²) in [5.41, 5.74) is -2.19. The number of nitrogens with zero attached hydrogens (tertiary/aromatic N) is 6. The van der Waals surface area contributed by atoms with Crippen LogP contribution < -0.4 is 9.64 Å². The molecule has 0 N–H and O–H groups in total. The highest BCUT2D eigenvalue weighted by Crippen LogP contribution is 2.43. The average Bonchev–Trinajstić information content (AvgIpc) is 3.51. The molecule has 2 bridgehead atoms. The number of anilines is 1. The SMILES string of the molecule is CC(C)(C)OC(=O)N1C2CCC1CN(c1nc(OCC34CCCN3CCC4)nc3c(C(F)(F)F)c(Cl)ncc13)C2. The second-order valence-corrected chi connectivity index (χ2v) is 12.8. The molecule has 4 fully saturated rings. The Morgan fingerprint density at radius 1 is 1.10 bits per heavy atom. The van der Waals surface area contributed by atoms with Gasteiger partial charge >= 0.3 is 18.3 Å². The van der Waals surface area contributed by atoms with Crippen LogP contribution in [0.4, 0.5) is 23.8 Å². The van der Waals surface area contributed by atoms with Gasteiger partial charge in [-0.1, -0.05) is 11.6 Å². The van der Waals surface area contributed by atoms with Crippen molar-refractivity contribution in [3.05, 3.63) is 16.9 Å². The smallest absolute Gasteiger partial charge is 0.421 e. The number of hydrogen-bond donors (Lipinski definition) is 0. The fourth-order valence-corrected chi connectivity index (χ4v) is 7.18. The lowest BCUT2D eigenvalue weighted by Crippen LogP contribution is -2.57. The van der Waals surface area contributed by atoms with E-state index in [1.54, 1.807) is 4.90 Å². The minimum Gasteiger partial charge on any atom is -0.461 e. The molecule has 2 atom stereocenters. The van der Waals surface area contributed by atoms with Crippen molar-refractivity contribution in [2.75, 3.05) is 37.7 Å². The molecule has 2 aromatic rings. The Balaban J connectivity index is 1.36. The number of alkyl halides is 3. The number of amides is 1. The number of aromatic nitrogens is 3. The predicted octanol–water partition coefficient (Wildman–Crippen LogP) is 5.29. The highest BCUT2D eigenvalue weighted by Gasteiger charge is 2.47. The van der Waals surface area contributed by atoms with Crippen LogP contribution in [0.15, 0.2) is 6.20 Å². The Morgan fingerprint density at radius 3 is 2.35 bits per heavy atom. The first-order valence-corrected chi connectivity index (χ1v) is 14.3. The molecule has 40 heavy (non-hydrogen) atoms. The Bertz CT molecular complexity index is 1300. The van der Waals surface area contributed by atoms with E-state index in [2.05, 4.69) is 19.9 Å². The maximum absolute atomic E-state index is 14.2. The summed E-state index contributed by atoms with van der Waals surface area (Å²) < 4.78 is 54.3. The van der Waals surface area contributed by atoms with Crippen molar-refractivity contribution in [2.24, 2.45) is 0 Å². The topological polar surface area (TPSA) is 83.9 Å². The van der Waals surface area contributed by atoms with E-state index in [9.17, 15) is 18.0 Å². The van der Waals surface area contributed by atoms with E-state index in [-0.39, 0.29) is 40.6 Å². The molecule has 9 nitrogen and oxygen atoms in total. The number of ether oxygens (including phenoxy) is 2. The van der Waals surface area contributed by atoms with Gasteiger partial charge in [0, 0.05) is 19.3 Å². The van der Waals surface area contributed by atoms with Gasteiger partial charge in [-0.05, 0) is 72.4 Å². The molecule has 0 saturated carbocycles. The molecule has 13 heteroatoms. The van der Waals surface area contributed by atoms with Gasteiger partial charge < -0.3 is 14.4 Å². The van der Waals surface area contributed by atoms with E-state index in [0.29, 0.717) is 25.5 Å². The van der Waals surface area contributed by atoms with Crippen LogP contribution in [0.1, 0.15) is 64.9 Å². The number of hydrogen-bond acceptors (Lipinski definition) is 8. The van der Waals surface area contributed by atoms with Crippen LogP contribution in [0.2, 0.25) is 5.15 Å². The maximum Gasteiger partial charge on any atom is 0.421 e. The molecule has 1 amide bonds. The van der Waals surface area contributed by atoms with Crippen LogP contribution in [0.3, 0.4) is 0 Å². The number of fused-ring (bicyclic) bond motifs is 4. The number of halogens is 4. The zero-order chi connectivity index (χ0) is 28.4. The minimum absolute atomic E-state index is 0.106. The summed E-state index contributed by atoms with van der Waals surface area (Å²) in [5.74, 6) is 0.308. The fraction of sp³-hybridized carbons (Fsp3) is 0.704. The van der Waals surface area contributed by atoms with Gasteiger partial charge in [-0.3, -0.25) is 9.80 Å². The molecule has 0 radical (unpaired) electrons. The normalized spacial score (nSPS) is 24.6. The molecular formula is C27H34ClF3N6O3. The maximum atomic E-state index is 14.2. The van der Waals surface area contributed by atoms with Crippen molar-refractivity contribution in [3.8, 4) is 6.01 Å². The quantitative estimate of drug-likeness (QED) is 0.450. The molecule has 0 aliphatic carbocycles. The highest BCUT2D eigenvalue weighted by atomic mass is 35.5. The Kier molecular flexibility index (Phi) is 6.72. The van der Waals surface area contributed by atoms with Crippen LogP contribution in [-0.4, -0.2) is 86.9 Å². The third kappa shape index (κ3) is 4.91. The molecule has 2 unspecified atom stereocenters. The van der Waals surface area contributed by atoms with Gasteiger partial charge in [-0.15, -0.1) is 0 Å². The highest BCUT2D eigenvalue weighted by molar-refractivity contribution is 6.31. The fourth-order valence-electron chi connectivity index (χ4n) is 6.94. The summed E-state index contributed by atoms with van der Waals surface area (Å²) >= 11 is 5.98. The van der Waals surface area contributed by atoms with E-state index < -0.39 is 22.5 Å². The van der Waals surface area contributed by atoms with Crippen molar-refractivity contribution in [2.45, 2.75) is 88.7 Å². The van der Waals surface area contributed by atoms with Crippen LogP contribution in [-0.2, 0) is 10.9 Å². The second-order valence-electron chi connectivity index (χ2n) is 12.4. The number of carbonyl (C=O) groups is 1. The van der Waals surface area contributed by atoms with Crippen LogP contribution in [0.5, 0.6) is 6.01 Å². The second kappa shape index (κ2) is 9.75. The lowest BCUT2D eigenvalue weighted by molar-refractivity contribution is -0.136. The molecule has 0 aromatic carbocycles. The van der Waals surface area contributed by atoms with E-state index in [0.717, 1.165) is 51.6 Å². The minimum atomic E-state index is -4.77. The molecule has 0 spiro atoms. The van der Waals surface area contributed by atoms with E-state index in [1.165, 1.54) is 6.20 Å². The van der Waals surface area contributed by atoms with Crippen molar-refractivity contribution in [1.82, 2.24) is 24.8 Å². The summed E-state index contributed by atoms with van der Waals surface area (Å²) in [7, 11) is 0. The lowest BCUT2D eigenvalue weighted by atomic mass is 9.95. The molecule has 4 aliphatic rings. The summed E-state index contributed by atoms with van der Waals surface area (Å²) in [6.07, 6.45) is 1.78. The Morgan fingerprint density at radius 2 is 1.75 bits per heavy atom. The van der Waals surface area contributed by atoms with Crippen molar-refractivity contribution >= 4 is 34.4 Å². The molecule has 6 rings (SSSR count). The molecule has 4 aliphatic heterocycles. The van der Waals surface area contributed by atoms with E-state index >= 15 is 0 Å². The monoisotopic (exact) mass is 582 g/mol. The van der Waals surface area contributed by atoms with E-state index in [1.807, 2.05) is 25.7 Å². The predicted molar refractivity (Wildman–Crippen MR) is 143 cm³/mol. The zero-order valence-electron chi connectivity index (χ0n) is 22.9. The van der Waals surface area contributed by atoms with Crippen LogP contribution in [0, 0.1) is 0 Å². The number of piperazine rings is 1. The van der Waals surface area contributed by atoms with Gasteiger partial charge in [-0.2, -0.15) is 23.1 Å². The Labute approximate surface area is 236 Å². The van der Waals surface area contributed by atoms with Crippen molar-refractivity contribution in [1.29, 1.82) is 0 Å². The molecule has 2 aromatic heterocycles. The third-order valence-corrected chi connectivity index (χ3v) is 8.89. The summed E-state index contributed by atoms with van der Waals surface area (Å²) in [6, 6.07) is -0.421. The first-order valence-electron chi connectivity index (χ1n) is 13.9. The molecule has 6 heterocycles. The van der Waals surface area contributed by atoms with Gasteiger partial charge in [-0.25, -0.2) is 9.78 Å². The Hall–Kier alpha value is -2.60. The molecule has 4 saturated heterocycles. The standard InChI is InChI=1S/C27H34ClF3N6O3/c1-25(2,3)40-24(38)37-16-6-7-17(37)14-35(13-16)22-18-12-32-21(28)19(27(29,30)31)20(18)33-23(34-22)39-15-26-8-4-10-36(26)11-5-9-26/h12,16-17H,4-11,13-15H2,1-3H3. The first kappa shape index (κ1) is 27.6. The van der Waals surface area contributed by atoms with Gasteiger partial charge in [0.25, 0.3) is 0 Å². The summed E-state index contributed by atoms with van der Waals surface area (Å²) in [5, 5.41) is -0.516. The lowest BCUT2D eigenvalue weighted by Gasteiger charge is -2.42. The van der Waals surface area contributed by atoms with Gasteiger partial charge in [0.05, 0.1) is 28.5 Å². The van der Waals surface area contributed by atoms with Crippen molar-refractivity contribution in [3.63, 3.8) is 0 Å². The first-order chi connectivity index (χ1) is 18.8. The van der Waals surface area contributed by atoms with E-state index in [4.69, 9.17) is 21.1 Å². The number of carbonyl (C=O) groups excluding carboxylic acids is 1. The van der Waals surface area contributed by atoms with Crippen LogP contribution >= 0.6 is 11.6 Å². The molecular weight excluding hydrogens is 549 g/mol. The average molecular weight is 583 g/mol. The summed E-state index contributed by atoms with van der Waals surface area (Å²) in [4.78, 5) is 31.8. The van der Waals surface area contributed by atoms with Crippen LogP contribution in [0.25, 0.3) is 10.9 Å². The molecule has 218 valence electrons.